The first-order valence-corrected chi connectivity index (χ1v) is 4.56. The van der Waals surface area contributed by atoms with Gasteiger partial charge in [-0.1, -0.05) is 14.9 Å². The Morgan fingerprint density at radius 1 is 1.07 bits per heavy atom. The van der Waals surface area contributed by atoms with Gasteiger partial charge in [-0.3, -0.25) is 0 Å². The van der Waals surface area contributed by atoms with Gasteiger partial charge in [0.1, 0.15) is 0 Å². The number of benzene rings is 1. The molecule has 1 aromatic carbocycles. The van der Waals surface area contributed by atoms with E-state index in [1.54, 1.807) is 20.3 Å². The second kappa shape index (κ2) is 9.57. The first kappa shape index (κ1) is 20.7. The van der Waals surface area contributed by atoms with E-state index in [0.717, 1.165) is 10.2 Å². The maximum Gasteiger partial charge on any atom is 2.00 e. The van der Waals surface area contributed by atoms with E-state index in [1.807, 2.05) is 6.07 Å². The first-order valence-electron chi connectivity index (χ1n) is 3.29. The summed E-state index contributed by atoms with van der Waals surface area (Å²) in [5.74, 6) is 1.44. The molecule has 0 fully saturated rings. The van der Waals surface area contributed by atoms with E-state index < -0.39 is 0 Å². The molecule has 0 saturated heterocycles. The molecule has 1 aromatic rings. The van der Waals surface area contributed by atoms with E-state index in [4.69, 9.17) is 22.1 Å². The summed E-state index contributed by atoms with van der Waals surface area (Å²) in [4.78, 5) is 0.664. The fourth-order valence-corrected chi connectivity index (χ4v) is 1.63. The maximum absolute atomic E-state index is 5.11. The standard InChI is InChI=1S/C8H10O2SSe.2CH4.Sn/c1-9-5-3-4-6(10-2)8(12)7(5)11;;;/h3-4,11-12H,1-2H3;2*1H4;/q;;;+2/p-2. The fraction of sp³-hybridized carbons (Fsp3) is 0.400. The Kier molecular flexibility index (Phi) is 13.2. The molecule has 0 aromatic heterocycles. The Hall–Kier alpha value is 0.358. The molecule has 0 N–H and O–H groups in total. The van der Waals surface area contributed by atoms with Crippen LogP contribution in [-0.4, -0.2) is 54.1 Å². The zero-order valence-electron chi connectivity index (χ0n) is 7.29. The largest absolute Gasteiger partial charge is 2.00 e. The second-order valence-corrected chi connectivity index (χ2v) is 3.39. The van der Waals surface area contributed by atoms with E-state index in [9.17, 15) is 0 Å². The summed E-state index contributed by atoms with van der Waals surface area (Å²) in [6.07, 6.45) is 0. The summed E-state index contributed by atoms with van der Waals surface area (Å²) in [5.41, 5.74) is 0. The third-order valence-electron chi connectivity index (χ3n) is 1.48. The minimum Gasteiger partial charge on any atom is 2.00 e. The summed E-state index contributed by atoms with van der Waals surface area (Å²) in [6, 6.07) is 3.61. The molecule has 0 bridgehead atoms. The molecule has 0 unspecified atom stereocenters. The van der Waals surface area contributed by atoms with Gasteiger partial charge in [-0.15, -0.1) is 0 Å². The van der Waals surface area contributed by atoms with Gasteiger partial charge in [0.05, 0.1) is 0 Å². The van der Waals surface area contributed by atoms with Crippen LogP contribution in [0.5, 0.6) is 11.5 Å². The minimum absolute atomic E-state index is 0. The van der Waals surface area contributed by atoms with Gasteiger partial charge in [-0.05, 0) is 0 Å². The van der Waals surface area contributed by atoms with Crippen molar-refractivity contribution in [3.05, 3.63) is 12.1 Å². The Morgan fingerprint density at radius 2 is 1.47 bits per heavy atom. The van der Waals surface area contributed by atoms with E-state index in [0.29, 0.717) is 10.6 Å². The maximum atomic E-state index is 5.11. The van der Waals surface area contributed by atoms with Gasteiger partial charge in [0, 0.05) is 0 Å². The number of methoxy groups -OCH3 is 2. The molecule has 0 amide bonds. The van der Waals surface area contributed by atoms with Crippen LogP contribution in [0.2, 0.25) is 0 Å². The third-order valence-corrected chi connectivity index (χ3v) is 3.03. The van der Waals surface area contributed by atoms with Crippen molar-refractivity contribution in [2.24, 2.45) is 0 Å². The van der Waals surface area contributed by atoms with Crippen LogP contribution in [0.4, 0.5) is 0 Å². The SMILES string of the molecule is C.C.COc1ccc(OC)c([Se-])c1[S-].[Sn+2]. The van der Waals surface area contributed by atoms with Crippen molar-refractivity contribution in [2.45, 2.75) is 19.7 Å². The molecule has 84 valence electrons. The normalized spacial score (nSPS) is 7.60. The number of ether oxygens (including phenoxy) is 2. The van der Waals surface area contributed by atoms with Crippen molar-refractivity contribution < 1.29 is 9.47 Å². The van der Waals surface area contributed by atoms with Gasteiger partial charge in [-0.2, -0.15) is 0 Å². The van der Waals surface area contributed by atoms with Gasteiger partial charge in [0.2, 0.25) is 0 Å². The molecular formula is C10H16O2SSeSn. The molecule has 0 saturated carbocycles. The summed E-state index contributed by atoms with van der Waals surface area (Å²) >= 11 is 7.97. The van der Waals surface area contributed by atoms with Crippen molar-refractivity contribution in [1.82, 2.24) is 0 Å². The molecule has 15 heavy (non-hydrogen) atoms. The van der Waals surface area contributed by atoms with Crippen molar-refractivity contribution in [2.75, 3.05) is 14.2 Å². The number of rotatable bonds is 2. The molecule has 2 nitrogen and oxygen atoms in total. The summed E-state index contributed by atoms with van der Waals surface area (Å²) in [7, 11) is 3.20. The van der Waals surface area contributed by atoms with Crippen molar-refractivity contribution in [3.63, 3.8) is 0 Å². The molecule has 0 atom stereocenters. The van der Waals surface area contributed by atoms with E-state index >= 15 is 0 Å². The predicted molar refractivity (Wildman–Crippen MR) is 69.8 cm³/mol. The topological polar surface area (TPSA) is 18.5 Å². The average molecular weight is 398 g/mol. The predicted octanol–water partition coefficient (Wildman–Crippen LogP) is 1.29. The zero-order chi connectivity index (χ0) is 9.14. The van der Waals surface area contributed by atoms with E-state index in [1.165, 1.54) is 0 Å². The monoisotopic (exact) mass is 400 g/mol. The Bertz CT molecular complexity index is 266. The minimum atomic E-state index is 0. The molecule has 0 aliphatic carbocycles. The molecule has 0 aliphatic heterocycles. The molecule has 1 rings (SSSR count). The van der Waals surface area contributed by atoms with E-state index in [2.05, 4.69) is 16.0 Å². The van der Waals surface area contributed by atoms with Crippen molar-refractivity contribution in [3.8, 4) is 11.5 Å². The molecule has 5 heteroatoms. The van der Waals surface area contributed by atoms with Crippen LogP contribution >= 0.6 is 0 Å². The van der Waals surface area contributed by atoms with Gasteiger partial charge in [0.15, 0.2) is 0 Å². The number of hydrogen-bond acceptors (Lipinski definition) is 3. The second-order valence-electron chi connectivity index (χ2n) is 2.13. The smallest absolute Gasteiger partial charge is 2.00 e. The van der Waals surface area contributed by atoms with Crippen LogP contribution in [0.1, 0.15) is 14.9 Å². The van der Waals surface area contributed by atoms with Crippen molar-refractivity contribution >= 4 is 57.0 Å². The quantitative estimate of drug-likeness (QED) is 0.553. The average Bonchev–Trinajstić information content (AvgIpc) is 2.10. The van der Waals surface area contributed by atoms with Gasteiger partial charge in [-0.25, -0.2) is 0 Å². The Morgan fingerprint density at radius 3 is 1.87 bits per heavy atom. The van der Waals surface area contributed by atoms with Crippen LogP contribution in [0.25, 0.3) is 0 Å². The van der Waals surface area contributed by atoms with Crippen LogP contribution < -0.4 is 13.9 Å². The summed E-state index contributed by atoms with van der Waals surface area (Å²) < 4.78 is 10.9. The Labute approximate surface area is 123 Å². The third kappa shape index (κ3) is 4.81. The summed E-state index contributed by atoms with van der Waals surface area (Å²) in [6.45, 7) is 0. The van der Waals surface area contributed by atoms with Gasteiger partial charge < -0.3 is 0 Å². The molecular weight excluding hydrogens is 382 g/mol. The van der Waals surface area contributed by atoms with Crippen molar-refractivity contribution in [1.29, 1.82) is 0 Å². The fourth-order valence-electron chi connectivity index (χ4n) is 0.848. The Balaban J connectivity index is -0.000000480. The zero-order valence-corrected chi connectivity index (χ0v) is 12.7. The molecule has 0 spiro atoms. The van der Waals surface area contributed by atoms with E-state index in [-0.39, 0.29) is 38.8 Å². The van der Waals surface area contributed by atoms with Crippen LogP contribution in [0, 0.1) is 0 Å². The van der Waals surface area contributed by atoms with Gasteiger partial charge >= 0.3 is 109 Å². The summed E-state index contributed by atoms with van der Waals surface area (Å²) in [5, 5.41) is 0. The molecule has 0 heterocycles. The molecule has 0 aliphatic rings. The number of hydrogen-bond donors (Lipinski definition) is 0. The van der Waals surface area contributed by atoms with Gasteiger partial charge in [0.25, 0.3) is 0 Å². The van der Waals surface area contributed by atoms with Crippen LogP contribution in [0.15, 0.2) is 17.0 Å². The first-order chi connectivity index (χ1) is 5.70. The van der Waals surface area contributed by atoms with Crippen LogP contribution in [-0.2, 0) is 12.6 Å². The van der Waals surface area contributed by atoms with Crippen LogP contribution in [0.3, 0.4) is 0 Å². The molecule has 2 radical (unpaired) electrons.